The first-order valence-corrected chi connectivity index (χ1v) is 8.10. The molecule has 0 aromatic heterocycles. The van der Waals surface area contributed by atoms with E-state index in [1.807, 2.05) is 0 Å². The van der Waals surface area contributed by atoms with Crippen LogP contribution in [0.25, 0.3) is 0 Å². The zero-order chi connectivity index (χ0) is 20.0. The van der Waals surface area contributed by atoms with Gasteiger partial charge in [-0.1, -0.05) is 23.7 Å². The standard InChI is InChI=1S/C17H17ClN4O5/c1-10(20-13-5-3-4-6-15(13)27-2)17(24)21-19-9-11-7-12(18)8-14(16(11)23)22(25)26/h3-10,20,23H,1-2H3,(H,21,24). The molecular formula is C17H17ClN4O5. The lowest BCUT2D eigenvalue weighted by Crippen LogP contribution is -2.35. The van der Waals surface area contributed by atoms with Gasteiger partial charge in [0, 0.05) is 16.7 Å². The summed E-state index contributed by atoms with van der Waals surface area (Å²) in [4.78, 5) is 22.2. The molecule has 2 aromatic carbocycles. The third-order valence-corrected chi connectivity index (χ3v) is 3.75. The van der Waals surface area contributed by atoms with E-state index >= 15 is 0 Å². The van der Waals surface area contributed by atoms with E-state index in [1.54, 1.807) is 31.2 Å². The maximum atomic E-state index is 12.1. The number of hydrazone groups is 1. The van der Waals surface area contributed by atoms with Crippen molar-refractivity contribution in [2.45, 2.75) is 13.0 Å². The van der Waals surface area contributed by atoms with Crippen LogP contribution in [0.2, 0.25) is 5.02 Å². The van der Waals surface area contributed by atoms with Gasteiger partial charge in [0.15, 0.2) is 0 Å². The lowest BCUT2D eigenvalue weighted by atomic mass is 10.2. The predicted octanol–water partition coefficient (Wildman–Crippen LogP) is 2.91. The molecule has 0 radical (unpaired) electrons. The molecule has 0 aliphatic carbocycles. The number of nitrogens with zero attached hydrogens (tertiary/aromatic N) is 2. The minimum atomic E-state index is -0.767. The molecular weight excluding hydrogens is 376 g/mol. The minimum absolute atomic E-state index is 0.000147. The van der Waals surface area contributed by atoms with Crippen LogP contribution in [0.4, 0.5) is 11.4 Å². The highest BCUT2D eigenvalue weighted by atomic mass is 35.5. The van der Waals surface area contributed by atoms with Crippen LogP contribution in [-0.2, 0) is 4.79 Å². The van der Waals surface area contributed by atoms with Crippen LogP contribution in [0.5, 0.6) is 11.5 Å². The first-order chi connectivity index (χ1) is 12.8. The first kappa shape index (κ1) is 20.0. The predicted molar refractivity (Wildman–Crippen MR) is 102 cm³/mol. The second-order valence-corrected chi connectivity index (χ2v) is 5.86. The number of nitrogens with one attached hydrogen (secondary N) is 2. The third-order valence-electron chi connectivity index (χ3n) is 3.53. The number of amides is 1. The van der Waals surface area contributed by atoms with Crippen LogP contribution >= 0.6 is 11.6 Å². The summed E-state index contributed by atoms with van der Waals surface area (Å²) in [6.45, 7) is 1.62. The molecule has 27 heavy (non-hydrogen) atoms. The highest BCUT2D eigenvalue weighted by molar-refractivity contribution is 6.31. The van der Waals surface area contributed by atoms with E-state index in [-0.39, 0.29) is 10.6 Å². The number of para-hydroxylation sites is 2. The second-order valence-electron chi connectivity index (χ2n) is 5.42. The van der Waals surface area contributed by atoms with Gasteiger partial charge in [-0.25, -0.2) is 5.43 Å². The van der Waals surface area contributed by atoms with Crippen LogP contribution in [0.15, 0.2) is 41.5 Å². The summed E-state index contributed by atoms with van der Waals surface area (Å²) in [7, 11) is 1.52. The molecule has 0 fully saturated rings. The summed E-state index contributed by atoms with van der Waals surface area (Å²) in [5, 5.41) is 27.5. The zero-order valence-electron chi connectivity index (χ0n) is 14.5. The molecule has 1 unspecified atom stereocenters. The molecule has 0 heterocycles. The number of hydrogen-bond donors (Lipinski definition) is 3. The summed E-state index contributed by atoms with van der Waals surface area (Å²) >= 11 is 5.79. The lowest BCUT2D eigenvalue weighted by Gasteiger charge is -2.15. The van der Waals surface area contributed by atoms with Gasteiger partial charge in [-0.2, -0.15) is 5.10 Å². The number of rotatable bonds is 7. The fourth-order valence-electron chi connectivity index (χ4n) is 2.17. The number of anilines is 1. The number of carbonyl (C=O) groups excluding carboxylic acids is 1. The van der Waals surface area contributed by atoms with Gasteiger partial charge in [0.05, 0.1) is 23.9 Å². The fourth-order valence-corrected chi connectivity index (χ4v) is 2.39. The molecule has 0 spiro atoms. The molecule has 9 nitrogen and oxygen atoms in total. The fraction of sp³-hybridized carbons (Fsp3) is 0.176. The van der Waals surface area contributed by atoms with Gasteiger partial charge in [-0.3, -0.25) is 14.9 Å². The highest BCUT2D eigenvalue weighted by Gasteiger charge is 2.18. The van der Waals surface area contributed by atoms with E-state index in [4.69, 9.17) is 16.3 Å². The Morgan fingerprint density at radius 3 is 2.78 bits per heavy atom. The Hall–Kier alpha value is -3.33. The topological polar surface area (TPSA) is 126 Å². The Morgan fingerprint density at radius 2 is 2.11 bits per heavy atom. The van der Waals surface area contributed by atoms with Crippen LogP contribution in [0.3, 0.4) is 0 Å². The van der Waals surface area contributed by atoms with E-state index in [2.05, 4.69) is 15.8 Å². The SMILES string of the molecule is COc1ccccc1NC(C)C(=O)NN=Cc1cc(Cl)cc([N+](=O)[O-])c1O. The number of nitro groups is 1. The number of aromatic hydroxyl groups is 1. The third kappa shape index (κ3) is 5.08. The number of carbonyl (C=O) groups is 1. The molecule has 2 aromatic rings. The second kappa shape index (κ2) is 8.86. The molecule has 0 saturated heterocycles. The van der Waals surface area contributed by atoms with Crippen molar-refractivity contribution in [3.05, 3.63) is 57.1 Å². The van der Waals surface area contributed by atoms with Crippen molar-refractivity contribution in [1.29, 1.82) is 0 Å². The summed E-state index contributed by atoms with van der Waals surface area (Å²) < 4.78 is 5.20. The van der Waals surface area contributed by atoms with Crippen LogP contribution in [-0.4, -0.2) is 35.3 Å². The van der Waals surface area contributed by atoms with Crippen molar-refractivity contribution in [2.75, 3.05) is 12.4 Å². The molecule has 0 bridgehead atoms. The molecule has 1 atom stereocenters. The van der Waals surface area contributed by atoms with Crippen LogP contribution < -0.4 is 15.5 Å². The molecule has 1 amide bonds. The molecule has 0 saturated carbocycles. The van der Waals surface area contributed by atoms with Crippen molar-refractivity contribution in [3.8, 4) is 11.5 Å². The summed E-state index contributed by atoms with van der Waals surface area (Å²) in [6.07, 6.45) is 1.07. The Kier molecular flexibility index (Phi) is 6.56. The zero-order valence-corrected chi connectivity index (χ0v) is 15.2. The van der Waals surface area contributed by atoms with Crippen molar-refractivity contribution < 1.29 is 19.6 Å². The number of hydrogen-bond acceptors (Lipinski definition) is 7. The monoisotopic (exact) mass is 392 g/mol. The van der Waals surface area contributed by atoms with E-state index in [0.29, 0.717) is 11.4 Å². The van der Waals surface area contributed by atoms with Gasteiger partial charge >= 0.3 is 5.69 Å². The number of nitro benzene ring substituents is 1. The Morgan fingerprint density at radius 1 is 1.41 bits per heavy atom. The average molecular weight is 393 g/mol. The van der Waals surface area contributed by atoms with Crippen molar-refractivity contribution in [3.63, 3.8) is 0 Å². The maximum Gasteiger partial charge on any atom is 0.312 e. The number of phenolic OH excluding ortho intramolecular Hbond substituents is 1. The molecule has 0 aliphatic rings. The normalized spacial score (nSPS) is 11.8. The lowest BCUT2D eigenvalue weighted by molar-refractivity contribution is -0.385. The van der Waals surface area contributed by atoms with Crippen LogP contribution in [0.1, 0.15) is 12.5 Å². The first-order valence-electron chi connectivity index (χ1n) is 7.73. The Labute approximate surface area is 159 Å². The van der Waals surface area contributed by atoms with Gasteiger partial charge in [0.2, 0.25) is 5.75 Å². The summed E-state index contributed by atoms with van der Waals surface area (Å²) in [5.41, 5.74) is 2.37. The van der Waals surface area contributed by atoms with Gasteiger partial charge in [0.25, 0.3) is 5.91 Å². The molecule has 0 aliphatic heterocycles. The highest BCUT2D eigenvalue weighted by Crippen LogP contribution is 2.32. The largest absolute Gasteiger partial charge is 0.502 e. The van der Waals surface area contributed by atoms with E-state index in [0.717, 1.165) is 12.3 Å². The quantitative estimate of drug-likeness (QED) is 0.378. The van der Waals surface area contributed by atoms with Crippen LogP contribution in [0, 0.1) is 10.1 Å². The number of methoxy groups -OCH3 is 1. The van der Waals surface area contributed by atoms with E-state index in [9.17, 15) is 20.0 Å². The van der Waals surface area contributed by atoms with E-state index in [1.165, 1.54) is 13.2 Å². The molecule has 10 heteroatoms. The van der Waals surface area contributed by atoms with Gasteiger partial charge < -0.3 is 15.2 Å². The Balaban J connectivity index is 2.06. The van der Waals surface area contributed by atoms with Gasteiger partial charge in [-0.05, 0) is 25.1 Å². The number of halogens is 1. The number of ether oxygens (including phenoxy) is 1. The minimum Gasteiger partial charge on any atom is -0.502 e. The number of phenols is 1. The van der Waals surface area contributed by atoms with Crippen molar-refractivity contribution in [1.82, 2.24) is 5.43 Å². The summed E-state index contributed by atoms with van der Waals surface area (Å²) in [6, 6.07) is 8.76. The van der Waals surface area contributed by atoms with Gasteiger partial charge in [0.1, 0.15) is 11.8 Å². The van der Waals surface area contributed by atoms with Crippen molar-refractivity contribution in [2.24, 2.45) is 5.10 Å². The van der Waals surface area contributed by atoms with Gasteiger partial charge in [-0.15, -0.1) is 0 Å². The summed E-state index contributed by atoms with van der Waals surface area (Å²) in [5.74, 6) is -0.479. The van der Waals surface area contributed by atoms with Crippen molar-refractivity contribution >= 4 is 35.1 Å². The molecule has 142 valence electrons. The van der Waals surface area contributed by atoms with E-state index < -0.39 is 28.3 Å². The number of benzene rings is 2. The maximum absolute atomic E-state index is 12.1. The Bertz CT molecular complexity index is 888. The smallest absolute Gasteiger partial charge is 0.312 e. The molecule has 3 N–H and O–H groups in total. The average Bonchev–Trinajstić information content (AvgIpc) is 2.64. The molecule has 2 rings (SSSR count).